The van der Waals surface area contributed by atoms with Crippen molar-refractivity contribution in [3.8, 4) is 5.88 Å². The topological polar surface area (TPSA) is 45.7 Å². The molecule has 120 valence electrons. The van der Waals surface area contributed by atoms with E-state index < -0.39 is 0 Å². The second-order valence-corrected chi connectivity index (χ2v) is 6.86. The average molecular weight is 321 g/mol. The number of hydrogen-bond acceptors (Lipinski definition) is 5. The lowest BCUT2D eigenvalue weighted by Crippen LogP contribution is -2.48. The van der Waals surface area contributed by atoms with Gasteiger partial charge < -0.3 is 14.5 Å². The highest BCUT2D eigenvalue weighted by Crippen LogP contribution is 2.22. The van der Waals surface area contributed by atoms with E-state index in [9.17, 15) is 4.79 Å². The molecule has 0 spiro atoms. The number of rotatable bonds is 4. The molecule has 0 N–H and O–H groups in total. The van der Waals surface area contributed by atoms with E-state index in [2.05, 4.69) is 16.8 Å². The third-order valence-electron chi connectivity index (χ3n) is 4.26. The van der Waals surface area contributed by atoms with Crippen LogP contribution in [0.15, 0.2) is 18.3 Å². The van der Waals surface area contributed by atoms with Crippen LogP contribution in [0.25, 0.3) is 0 Å². The fourth-order valence-electron chi connectivity index (χ4n) is 2.83. The smallest absolute Gasteiger partial charge is 0.254 e. The molecule has 2 aliphatic heterocycles. The van der Waals surface area contributed by atoms with Gasteiger partial charge in [-0.25, -0.2) is 4.98 Å². The van der Waals surface area contributed by atoms with Gasteiger partial charge in [0.15, 0.2) is 0 Å². The first-order chi connectivity index (χ1) is 10.8. The van der Waals surface area contributed by atoms with Crippen LogP contribution in [0.4, 0.5) is 0 Å². The highest BCUT2D eigenvalue weighted by molar-refractivity contribution is 7.99. The number of carbonyl (C=O) groups is 1. The molecule has 1 atom stereocenters. The maximum absolute atomic E-state index is 12.6. The van der Waals surface area contributed by atoms with E-state index in [0.29, 0.717) is 11.4 Å². The summed E-state index contributed by atoms with van der Waals surface area (Å²) >= 11 is 1.90. The molecule has 1 unspecified atom stereocenters. The predicted molar refractivity (Wildman–Crippen MR) is 88.6 cm³/mol. The molecule has 2 saturated heterocycles. The quantitative estimate of drug-likeness (QED) is 0.845. The number of carbonyl (C=O) groups excluding carboxylic acids is 1. The molecular formula is C16H23N3O2S. The summed E-state index contributed by atoms with van der Waals surface area (Å²) in [5, 5.41) is 0. The Bertz CT molecular complexity index is 512. The highest BCUT2D eigenvalue weighted by atomic mass is 32.2. The van der Waals surface area contributed by atoms with Crippen molar-refractivity contribution < 1.29 is 9.53 Å². The Hall–Kier alpha value is -1.27. The molecule has 2 aliphatic rings. The van der Waals surface area contributed by atoms with Crippen molar-refractivity contribution in [2.75, 3.05) is 44.2 Å². The number of aromatic nitrogens is 1. The average Bonchev–Trinajstić information content (AvgIpc) is 3.07. The van der Waals surface area contributed by atoms with E-state index >= 15 is 0 Å². The summed E-state index contributed by atoms with van der Waals surface area (Å²) in [6.07, 6.45) is 2.96. The number of hydrogen-bond donors (Lipinski definition) is 0. The minimum absolute atomic E-state index is 0.0869. The number of ether oxygens (including phenoxy) is 1. The van der Waals surface area contributed by atoms with Gasteiger partial charge in [0.25, 0.3) is 5.91 Å². The molecule has 3 rings (SSSR count). The van der Waals surface area contributed by atoms with Gasteiger partial charge in [-0.2, -0.15) is 11.8 Å². The van der Waals surface area contributed by atoms with Crippen LogP contribution in [-0.2, 0) is 0 Å². The van der Waals surface area contributed by atoms with Gasteiger partial charge in [0.1, 0.15) is 6.10 Å². The van der Waals surface area contributed by atoms with E-state index in [1.807, 2.05) is 16.7 Å². The second kappa shape index (κ2) is 7.33. The Morgan fingerprint density at radius 3 is 2.91 bits per heavy atom. The maximum Gasteiger partial charge on any atom is 0.254 e. The number of likely N-dealkylation sites (N-methyl/N-ethyl adjacent to an activating group) is 1. The van der Waals surface area contributed by atoms with Crippen LogP contribution in [0.5, 0.6) is 5.88 Å². The first kappa shape index (κ1) is 15.6. The lowest BCUT2D eigenvalue weighted by molar-refractivity contribution is 0.0642. The van der Waals surface area contributed by atoms with Gasteiger partial charge in [0.2, 0.25) is 5.88 Å². The molecule has 2 fully saturated rings. The van der Waals surface area contributed by atoms with Crippen molar-refractivity contribution in [1.82, 2.24) is 14.8 Å². The molecule has 1 aromatic heterocycles. The number of nitrogens with zero attached hydrogens (tertiary/aromatic N) is 3. The molecule has 6 heteroatoms. The summed E-state index contributed by atoms with van der Waals surface area (Å²) in [7, 11) is 0. The molecule has 0 saturated carbocycles. The Morgan fingerprint density at radius 2 is 2.23 bits per heavy atom. The van der Waals surface area contributed by atoms with Crippen molar-refractivity contribution in [2.45, 2.75) is 19.4 Å². The van der Waals surface area contributed by atoms with Crippen LogP contribution in [0.1, 0.15) is 23.7 Å². The molecule has 1 aromatic rings. The SMILES string of the molecule is CCN1CCN(C(=O)c2ccnc(OC3CCSC3)c2)CC1. The number of thioether (sulfide) groups is 1. The molecule has 1 amide bonds. The molecule has 5 nitrogen and oxygen atoms in total. The van der Waals surface area contributed by atoms with Crippen molar-refractivity contribution in [1.29, 1.82) is 0 Å². The lowest BCUT2D eigenvalue weighted by atomic mass is 10.2. The third-order valence-corrected chi connectivity index (χ3v) is 5.40. The van der Waals surface area contributed by atoms with E-state index in [1.54, 1.807) is 18.3 Å². The standard InChI is InChI=1S/C16H23N3O2S/c1-2-18-6-8-19(9-7-18)16(20)13-3-5-17-15(11-13)21-14-4-10-22-12-14/h3,5,11,14H,2,4,6-10,12H2,1H3. The summed E-state index contributed by atoms with van der Waals surface area (Å²) in [6.45, 7) is 6.71. The fraction of sp³-hybridized carbons (Fsp3) is 0.625. The predicted octanol–water partition coefficient (Wildman–Crippen LogP) is 1.74. The number of piperazine rings is 1. The molecule has 3 heterocycles. The molecule has 0 aliphatic carbocycles. The molecular weight excluding hydrogens is 298 g/mol. The van der Waals surface area contributed by atoms with Gasteiger partial charge in [-0.05, 0) is 24.8 Å². The van der Waals surface area contributed by atoms with Crippen molar-refractivity contribution in [3.05, 3.63) is 23.9 Å². The van der Waals surface area contributed by atoms with Crippen molar-refractivity contribution >= 4 is 17.7 Å². The number of amides is 1. The summed E-state index contributed by atoms with van der Waals surface area (Å²) < 4.78 is 5.88. The largest absolute Gasteiger partial charge is 0.473 e. The van der Waals surface area contributed by atoms with Crippen LogP contribution < -0.4 is 4.74 Å². The minimum atomic E-state index is 0.0869. The minimum Gasteiger partial charge on any atom is -0.473 e. The molecule has 0 radical (unpaired) electrons. The van der Waals surface area contributed by atoms with Crippen LogP contribution in [0.2, 0.25) is 0 Å². The van der Waals surface area contributed by atoms with Crippen LogP contribution >= 0.6 is 11.8 Å². The fourth-order valence-corrected chi connectivity index (χ4v) is 3.93. The van der Waals surface area contributed by atoms with Gasteiger partial charge in [-0.15, -0.1) is 0 Å². The Labute approximate surface area is 136 Å². The summed E-state index contributed by atoms with van der Waals surface area (Å²) in [5.74, 6) is 2.82. The summed E-state index contributed by atoms with van der Waals surface area (Å²) in [4.78, 5) is 21.1. The second-order valence-electron chi connectivity index (χ2n) is 5.71. The van der Waals surface area contributed by atoms with Gasteiger partial charge in [0, 0.05) is 49.8 Å². The van der Waals surface area contributed by atoms with Gasteiger partial charge >= 0.3 is 0 Å². The van der Waals surface area contributed by atoms with E-state index in [1.165, 1.54) is 0 Å². The monoisotopic (exact) mass is 321 g/mol. The summed E-state index contributed by atoms with van der Waals surface area (Å²) in [5.41, 5.74) is 0.681. The van der Waals surface area contributed by atoms with Crippen LogP contribution in [0, 0.1) is 0 Å². The first-order valence-corrected chi connectivity index (χ1v) is 9.14. The molecule has 0 bridgehead atoms. The van der Waals surface area contributed by atoms with Gasteiger partial charge in [0.05, 0.1) is 0 Å². The van der Waals surface area contributed by atoms with E-state index in [4.69, 9.17) is 4.74 Å². The zero-order valence-corrected chi connectivity index (χ0v) is 13.8. The lowest BCUT2D eigenvalue weighted by Gasteiger charge is -2.34. The third kappa shape index (κ3) is 3.73. The van der Waals surface area contributed by atoms with Crippen LogP contribution in [0.3, 0.4) is 0 Å². The Morgan fingerprint density at radius 1 is 1.41 bits per heavy atom. The van der Waals surface area contributed by atoms with E-state index in [-0.39, 0.29) is 12.0 Å². The molecule has 22 heavy (non-hydrogen) atoms. The Kier molecular flexibility index (Phi) is 5.20. The van der Waals surface area contributed by atoms with Crippen molar-refractivity contribution in [3.63, 3.8) is 0 Å². The zero-order chi connectivity index (χ0) is 15.4. The maximum atomic E-state index is 12.6. The zero-order valence-electron chi connectivity index (χ0n) is 13.0. The van der Waals surface area contributed by atoms with Crippen molar-refractivity contribution in [2.24, 2.45) is 0 Å². The van der Waals surface area contributed by atoms with Gasteiger partial charge in [-0.1, -0.05) is 6.92 Å². The normalized spacial score (nSPS) is 22.8. The summed E-state index contributed by atoms with van der Waals surface area (Å²) in [6, 6.07) is 3.57. The molecule has 0 aromatic carbocycles. The van der Waals surface area contributed by atoms with Gasteiger partial charge in [-0.3, -0.25) is 4.79 Å². The van der Waals surface area contributed by atoms with E-state index in [0.717, 1.165) is 50.7 Å². The first-order valence-electron chi connectivity index (χ1n) is 7.98. The number of pyridine rings is 1. The Balaban J connectivity index is 1.62. The van der Waals surface area contributed by atoms with Crippen LogP contribution in [-0.4, -0.2) is 71.0 Å². The highest BCUT2D eigenvalue weighted by Gasteiger charge is 2.22.